The summed E-state index contributed by atoms with van der Waals surface area (Å²) >= 11 is 0. The monoisotopic (exact) mass is 430 g/mol. The summed E-state index contributed by atoms with van der Waals surface area (Å²) < 4.78 is 66.6. The second kappa shape index (κ2) is 7.05. The molecule has 1 N–H and O–H groups in total. The van der Waals surface area contributed by atoms with Crippen molar-refractivity contribution < 1.29 is 31.7 Å². The molecule has 0 fully saturated rings. The highest BCUT2D eigenvalue weighted by Gasteiger charge is 2.43. The van der Waals surface area contributed by atoms with Gasteiger partial charge in [-0.15, -0.1) is 0 Å². The molecule has 0 radical (unpaired) electrons. The zero-order chi connectivity index (χ0) is 21.8. The van der Waals surface area contributed by atoms with Crippen LogP contribution in [0.15, 0.2) is 51.5 Å². The molecule has 0 bridgehead atoms. The van der Waals surface area contributed by atoms with Gasteiger partial charge >= 0.3 is 6.18 Å². The minimum Gasteiger partial charge on any atom is -0.392 e. The van der Waals surface area contributed by atoms with Gasteiger partial charge in [-0.3, -0.25) is 0 Å². The largest absolute Gasteiger partial charge is 0.422 e. The van der Waals surface area contributed by atoms with E-state index in [2.05, 4.69) is 10.3 Å². The van der Waals surface area contributed by atoms with E-state index in [1.54, 1.807) is 18.2 Å². The smallest absolute Gasteiger partial charge is 0.392 e. The number of alkyl halides is 3. The first-order valence-electron chi connectivity index (χ1n) is 9.42. The summed E-state index contributed by atoms with van der Waals surface area (Å²) in [5.74, 6) is -1.36. The number of rotatable bonds is 3. The van der Waals surface area contributed by atoms with Crippen molar-refractivity contribution >= 4 is 0 Å². The lowest BCUT2D eigenvalue weighted by molar-refractivity contribution is -0.136. The van der Waals surface area contributed by atoms with Crippen molar-refractivity contribution in [3.05, 3.63) is 70.5 Å². The first-order valence-corrected chi connectivity index (χ1v) is 9.42. The minimum absolute atomic E-state index is 0.146. The zero-order valence-electron chi connectivity index (χ0n) is 15.8. The van der Waals surface area contributed by atoms with Crippen LogP contribution in [0.25, 0.3) is 34.0 Å². The zero-order valence-corrected chi connectivity index (χ0v) is 15.8. The van der Waals surface area contributed by atoms with Gasteiger partial charge in [0.15, 0.2) is 0 Å². The second-order valence-corrected chi connectivity index (χ2v) is 7.20. The summed E-state index contributed by atoms with van der Waals surface area (Å²) in [6.07, 6.45) is -4.02. The number of aromatic nitrogens is 2. The van der Waals surface area contributed by atoms with Crippen LogP contribution in [0.4, 0.5) is 17.6 Å². The van der Waals surface area contributed by atoms with Crippen LogP contribution in [0.3, 0.4) is 0 Å². The van der Waals surface area contributed by atoms with E-state index in [0.29, 0.717) is 24.0 Å². The maximum Gasteiger partial charge on any atom is 0.422 e. The Hall–Kier alpha value is -3.46. The molecule has 1 aliphatic carbocycles. The van der Waals surface area contributed by atoms with Crippen molar-refractivity contribution in [3.8, 4) is 34.0 Å². The van der Waals surface area contributed by atoms with E-state index in [9.17, 15) is 22.7 Å². The molecule has 2 aromatic carbocycles. The van der Waals surface area contributed by atoms with Crippen LogP contribution in [0.1, 0.15) is 22.3 Å². The predicted molar refractivity (Wildman–Crippen MR) is 101 cm³/mol. The molecule has 158 valence electrons. The molecule has 1 aliphatic rings. The van der Waals surface area contributed by atoms with Gasteiger partial charge < -0.3 is 14.2 Å². The SMILES string of the molecule is OCc1cc2c(cc1F)-c1noc(-c3onc(-c4ccccc4)c3C(F)(F)F)c1CC2. The van der Waals surface area contributed by atoms with Crippen molar-refractivity contribution in [1.29, 1.82) is 0 Å². The maximum atomic E-state index is 14.2. The van der Waals surface area contributed by atoms with E-state index in [1.165, 1.54) is 24.3 Å². The molecule has 5 nitrogen and oxygen atoms in total. The van der Waals surface area contributed by atoms with Crippen molar-refractivity contribution in [2.45, 2.75) is 25.6 Å². The Kier molecular flexibility index (Phi) is 4.44. The van der Waals surface area contributed by atoms with E-state index in [1.807, 2.05) is 0 Å². The van der Waals surface area contributed by atoms with Crippen molar-refractivity contribution in [3.63, 3.8) is 0 Å². The van der Waals surface area contributed by atoms with Crippen LogP contribution in [0.2, 0.25) is 0 Å². The molecule has 0 saturated heterocycles. The molecule has 0 unspecified atom stereocenters. The number of fused-ring (bicyclic) bond motifs is 3. The third kappa shape index (κ3) is 3.12. The third-order valence-corrected chi connectivity index (χ3v) is 5.36. The molecule has 5 rings (SSSR count). The van der Waals surface area contributed by atoms with Gasteiger partial charge in [0.05, 0.1) is 6.61 Å². The Balaban J connectivity index is 1.68. The second-order valence-electron chi connectivity index (χ2n) is 7.20. The molecule has 2 aromatic heterocycles. The molecule has 0 spiro atoms. The highest BCUT2D eigenvalue weighted by atomic mass is 19.4. The number of aryl methyl sites for hydroxylation is 1. The van der Waals surface area contributed by atoms with Crippen molar-refractivity contribution in [2.24, 2.45) is 0 Å². The van der Waals surface area contributed by atoms with Crippen LogP contribution < -0.4 is 0 Å². The van der Waals surface area contributed by atoms with Gasteiger partial charge in [0, 0.05) is 22.3 Å². The lowest BCUT2D eigenvalue weighted by atomic mass is 9.87. The lowest BCUT2D eigenvalue weighted by Crippen LogP contribution is -2.09. The fourth-order valence-corrected chi connectivity index (χ4v) is 3.91. The fraction of sp³-hybridized carbons (Fsp3) is 0.182. The van der Waals surface area contributed by atoms with Crippen LogP contribution in [0, 0.1) is 5.82 Å². The third-order valence-electron chi connectivity index (χ3n) is 5.36. The fourth-order valence-electron chi connectivity index (χ4n) is 3.91. The van der Waals surface area contributed by atoms with Crippen LogP contribution in [0.5, 0.6) is 0 Å². The highest BCUT2D eigenvalue weighted by Crippen LogP contribution is 2.46. The first kappa shape index (κ1) is 19.5. The molecule has 0 aliphatic heterocycles. The number of aliphatic hydroxyl groups excluding tert-OH is 1. The summed E-state index contributed by atoms with van der Waals surface area (Å²) in [6.45, 7) is -0.453. The lowest BCUT2D eigenvalue weighted by Gasteiger charge is -2.16. The molecule has 0 saturated carbocycles. The molecule has 9 heteroatoms. The highest BCUT2D eigenvalue weighted by molar-refractivity contribution is 5.79. The summed E-state index contributed by atoms with van der Waals surface area (Å²) in [7, 11) is 0. The number of halogens is 4. The Morgan fingerprint density at radius 3 is 2.35 bits per heavy atom. The molecular formula is C22H14F4N2O3. The summed E-state index contributed by atoms with van der Waals surface area (Å²) in [5, 5.41) is 16.9. The standard InChI is InChI=1S/C22H14F4N2O3/c23-16-9-15-12(8-13(16)10-29)6-7-14-19(15)28-30-20(14)21-17(22(24,25)26)18(27-31-21)11-4-2-1-3-5-11/h1-5,8-9,29H,6-7,10H2. The van der Waals surface area contributed by atoms with Crippen LogP contribution in [-0.2, 0) is 25.6 Å². The average Bonchev–Trinajstić information content (AvgIpc) is 3.38. The number of benzene rings is 2. The van der Waals surface area contributed by atoms with Gasteiger partial charge in [0.2, 0.25) is 11.5 Å². The van der Waals surface area contributed by atoms with Gasteiger partial charge in [0.25, 0.3) is 0 Å². The Labute approximate surface area is 172 Å². The summed E-state index contributed by atoms with van der Waals surface area (Å²) in [4.78, 5) is 0. The topological polar surface area (TPSA) is 72.3 Å². The van der Waals surface area contributed by atoms with Gasteiger partial charge in [0.1, 0.15) is 22.8 Å². The number of nitrogens with zero attached hydrogens (tertiary/aromatic N) is 2. The van der Waals surface area contributed by atoms with Crippen LogP contribution >= 0.6 is 0 Å². The number of hydrogen-bond acceptors (Lipinski definition) is 5. The summed E-state index contributed by atoms with van der Waals surface area (Å²) in [5.41, 5.74) is 0.803. The van der Waals surface area contributed by atoms with Crippen molar-refractivity contribution in [2.75, 3.05) is 0 Å². The predicted octanol–water partition coefficient (Wildman–Crippen LogP) is 5.41. The van der Waals surface area contributed by atoms with Gasteiger partial charge in [-0.05, 0) is 30.5 Å². The van der Waals surface area contributed by atoms with E-state index in [4.69, 9.17) is 9.05 Å². The van der Waals surface area contributed by atoms with E-state index in [0.717, 1.165) is 5.56 Å². The molecule has 2 heterocycles. The molecule has 31 heavy (non-hydrogen) atoms. The molecule has 0 amide bonds. The average molecular weight is 430 g/mol. The van der Waals surface area contributed by atoms with Crippen molar-refractivity contribution in [1.82, 2.24) is 10.3 Å². The normalized spacial score (nSPS) is 13.2. The van der Waals surface area contributed by atoms with Gasteiger partial charge in [-0.1, -0.05) is 40.6 Å². The minimum atomic E-state index is -4.76. The Bertz CT molecular complexity index is 1280. The maximum absolute atomic E-state index is 14.2. The Morgan fingerprint density at radius 1 is 0.935 bits per heavy atom. The number of hydrogen-bond donors (Lipinski definition) is 1. The molecule has 0 atom stereocenters. The van der Waals surface area contributed by atoms with Gasteiger partial charge in [-0.25, -0.2) is 4.39 Å². The van der Waals surface area contributed by atoms with E-state index >= 15 is 0 Å². The quantitative estimate of drug-likeness (QED) is 0.440. The number of aliphatic hydroxyl groups is 1. The molecular weight excluding hydrogens is 416 g/mol. The summed E-state index contributed by atoms with van der Waals surface area (Å²) in [6, 6.07) is 10.6. The van der Waals surface area contributed by atoms with E-state index < -0.39 is 29.9 Å². The first-order chi connectivity index (χ1) is 14.9. The van der Waals surface area contributed by atoms with E-state index in [-0.39, 0.29) is 28.3 Å². The van der Waals surface area contributed by atoms with Gasteiger partial charge in [-0.2, -0.15) is 13.2 Å². The van der Waals surface area contributed by atoms with Crippen LogP contribution in [-0.4, -0.2) is 15.4 Å². The molecule has 4 aromatic rings. The Morgan fingerprint density at radius 2 is 1.65 bits per heavy atom.